The summed E-state index contributed by atoms with van der Waals surface area (Å²) in [6.45, 7) is 4.21. The summed E-state index contributed by atoms with van der Waals surface area (Å²) in [5, 5.41) is 10.8. The van der Waals surface area contributed by atoms with Gasteiger partial charge in [0.15, 0.2) is 0 Å². The lowest BCUT2D eigenvalue weighted by atomic mass is 10.1. The average Bonchev–Trinajstić information content (AvgIpc) is 3.13. The van der Waals surface area contributed by atoms with Crippen LogP contribution < -0.4 is 5.32 Å². The lowest BCUT2D eigenvalue weighted by Crippen LogP contribution is -2.14. The molecule has 1 amide bonds. The molecule has 0 fully saturated rings. The first-order chi connectivity index (χ1) is 12.1. The van der Waals surface area contributed by atoms with Gasteiger partial charge < -0.3 is 5.32 Å². The molecule has 2 aromatic carbocycles. The highest BCUT2D eigenvalue weighted by molar-refractivity contribution is 7.99. The number of amides is 1. The van der Waals surface area contributed by atoms with Crippen molar-refractivity contribution in [3.05, 3.63) is 66.0 Å². The molecule has 0 aliphatic heterocycles. The first kappa shape index (κ1) is 17.2. The lowest BCUT2D eigenvalue weighted by molar-refractivity contribution is -0.115. The Bertz CT molecular complexity index is 862. The molecule has 0 atom stereocenters. The van der Waals surface area contributed by atoms with E-state index >= 15 is 0 Å². The van der Waals surface area contributed by atoms with Crippen LogP contribution in [0.2, 0.25) is 0 Å². The Kier molecular flexibility index (Phi) is 5.50. The van der Waals surface area contributed by atoms with Crippen LogP contribution in [-0.2, 0) is 4.79 Å². The minimum Gasteiger partial charge on any atom is -0.324 e. The number of hydrogen-bond donors (Lipinski definition) is 1. The fourth-order valence-electron chi connectivity index (χ4n) is 2.39. The van der Waals surface area contributed by atoms with Gasteiger partial charge in [-0.3, -0.25) is 4.79 Å². The summed E-state index contributed by atoms with van der Waals surface area (Å²) in [6, 6.07) is 13.9. The van der Waals surface area contributed by atoms with Crippen molar-refractivity contribution in [3.8, 4) is 5.69 Å². The molecule has 0 bridgehead atoms. The van der Waals surface area contributed by atoms with Gasteiger partial charge in [-0.05, 0) is 49.2 Å². The number of thioether (sulfide) groups is 1. The van der Waals surface area contributed by atoms with Crippen molar-refractivity contribution in [2.24, 2.45) is 0 Å². The number of aromatic nitrogens is 3. The van der Waals surface area contributed by atoms with E-state index in [0.717, 1.165) is 17.1 Å². The summed E-state index contributed by atoms with van der Waals surface area (Å²) in [4.78, 5) is 13.5. The zero-order valence-electron chi connectivity index (χ0n) is 14.3. The van der Waals surface area contributed by atoms with Gasteiger partial charge in [0.2, 0.25) is 5.91 Å². The van der Waals surface area contributed by atoms with E-state index in [1.165, 1.54) is 16.0 Å². The molecule has 6 heteroatoms. The van der Waals surface area contributed by atoms with Crippen LogP contribution in [0.3, 0.4) is 0 Å². The number of nitrogens with zero attached hydrogens (tertiary/aromatic N) is 3. The maximum Gasteiger partial charge on any atom is 0.225 e. The first-order valence-corrected chi connectivity index (χ1v) is 9.07. The normalized spacial score (nSPS) is 10.6. The molecule has 128 valence electrons. The van der Waals surface area contributed by atoms with Gasteiger partial charge in [0.25, 0.3) is 0 Å². The van der Waals surface area contributed by atoms with Gasteiger partial charge in [0.1, 0.15) is 0 Å². The van der Waals surface area contributed by atoms with E-state index in [4.69, 9.17) is 0 Å². The lowest BCUT2D eigenvalue weighted by Gasteiger charge is -2.10. The molecule has 0 spiro atoms. The number of para-hydroxylation sites is 2. The molecule has 25 heavy (non-hydrogen) atoms. The molecule has 0 aliphatic rings. The summed E-state index contributed by atoms with van der Waals surface area (Å²) < 4.78 is 1.64. The molecule has 0 unspecified atom stereocenters. The second kappa shape index (κ2) is 7.98. The zero-order valence-corrected chi connectivity index (χ0v) is 15.1. The van der Waals surface area contributed by atoms with Crippen molar-refractivity contribution in [2.45, 2.75) is 25.2 Å². The van der Waals surface area contributed by atoms with Crippen LogP contribution in [0.1, 0.15) is 17.5 Å². The zero-order chi connectivity index (χ0) is 17.6. The maximum absolute atomic E-state index is 12.3. The molecule has 1 aromatic heterocycles. The van der Waals surface area contributed by atoms with E-state index in [1.54, 1.807) is 28.8 Å². The number of anilines is 1. The fourth-order valence-corrected chi connectivity index (χ4v) is 3.34. The Morgan fingerprint density at radius 1 is 1.16 bits per heavy atom. The molecular formula is C19H20N4OS. The average molecular weight is 352 g/mol. The van der Waals surface area contributed by atoms with Gasteiger partial charge in [-0.25, -0.2) is 4.68 Å². The first-order valence-electron chi connectivity index (χ1n) is 8.09. The third-order valence-electron chi connectivity index (χ3n) is 3.92. The van der Waals surface area contributed by atoms with Crippen LogP contribution in [0.4, 0.5) is 5.69 Å². The predicted molar refractivity (Wildman–Crippen MR) is 101 cm³/mol. The Morgan fingerprint density at radius 2 is 2.00 bits per heavy atom. The van der Waals surface area contributed by atoms with Gasteiger partial charge in [0.05, 0.1) is 23.8 Å². The van der Waals surface area contributed by atoms with E-state index in [2.05, 4.69) is 47.7 Å². The number of rotatable bonds is 6. The number of carbonyl (C=O) groups is 1. The molecule has 0 saturated heterocycles. The van der Waals surface area contributed by atoms with E-state index in [0.29, 0.717) is 6.42 Å². The van der Waals surface area contributed by atoms with Gasteiger partial charge in [-0.1, -0.05) is 23.4 Å². The molecular weight excluding hydrogens is 332 g/mol. The number of nitrogens with one attached hydrogen (secondary N) is 1. The smallest absolute Gasteiger partial charge is 0.225 e. The molecule has 1 heterocycles. The third kappa shape index (κ3) is 4.48. The Morgan fingerprint density at radius 3 is 2.76 bits per heavy atom. The highest BCUT2D eigenvalue weighted by Crippen LogP contribution is 2.23. The molecule has 0 saturated carbocycles. The number of hydrogen-bond acceptors (Lipinski definition) is 4. The van der Waals surface area contributed by atoms with Crippen molar-refractivity contribution >= 4 is 23.4 Å². The standard InChI is InChI=1S/C19H20N4OS/c1-14-7-8-16(13-15(14)2)25-12-9-19(24)21-17-5-3-4-6-18(17)23-11-10-20-22-23/h3-8,10-11,13H,9,12H2,1-2H3,(H,21,24). The molecule has 3 aromatic rings. The quantitative estimate of drug-likeness (QED) is 0.681. The number of aryl methyl sites for hydroxylation is 2. The highest BCUT2D eigenvalue weighted by atomic mass is 32.2. The van der Waals surface area contributed by atoms with Gasteiger partial charge in [-0.2, -0.15) is 0 Å². The predicted octanol–water partition coefficient (Wildman–Crippen LogP) is 4.01. The van der Waals surface area contributed by atoms with Crippen LogP contribution in [-0.4, -0.2) is 26.7 Å². The molecule has 0 radical (unpaired) electrons. The van der Waals surface area contributed by atoms with Crippen molar-refractivity contribution in [3.63, 3.8) is 0 Å². The maximum atomic E-state index is 12.3. The van der Waals surface area contributed by atoms with Crippen molar-refractivity contribution in [1.82, 2.24) is 15.0 Å². The fraction of sp³-hybridized carbons (Fsp3) is 0.211. The minimum absolute atomic E-state index is 0.0103. The van der Waals surface area contributed by atoms with Crippen molar-refractivity contribution in [2.75, 3.05) is 11.1 Å². The Hall–Kier alpha value is -2.60. The van der Waals surface area contributed by atoms with Crippen LogP contribution in [0.25, 0.3) is 5.69 Å². The monoisotopic (exact) mass is 352 g/mol. The van der Waals surface area contributed by atoms with Crippen molar-refractivity contribution < 1.29 is 4.79 Å². The summed E-state index contributed by atoms with van der Waals surface area (Å²) in [5.41, 5.74) is 4.09. The van der Waals surface area contributed by atoms with Crippen molar-refractivity contribution in [1.29, 1.82) is 0 Å². The van der Waals surface area contributed by atoms with E-state index in [1.807, 2.05) is 24.3 Å². The van der Waals surface area contributed by atoms with Crippen LogP contribution in [0.15, 0.2) is 59.8 Å². The van der Waals surface area contributed by atoms with E-state index in [9.17, 15) is 4.79 Å². The summed E-state index contributed by atoms with van der Waals surface area (Å²) in [6.07, 6.45) is 3.81. The van der Waals surface area contributed by atoms with E-state index < -0.39 is 0 Å². The molecule has 5 nitrogen and oxygen atoms in total. The summed E-state index contributed by atoms with van der Waals surface area (Å²) >= 11 is 1.70. The molecule has 0 aliphatic carbocycles. The van der Waals surface area contributed by atoms with Gasteiger partial charge in [0, 0.05) is 17.1 Å². The van der Waals surface area contributed by atoms with Crippen LogP contribution in [0, 0.1) is 13.8 Å². The minimum atomic E-state index is -0.0103. The van der Waals surface area contributed by atoms with Crippen LogP contribution in [0.5, 0.6) is 0 Å². The largest absolute Gasteiger partial charge is 0.324 e. The highest BCUT2D eigenvalue weighted by Gasteiger charge is 2.09. The molecule has 3 rings (SSSR count). The topological polar surface area (TPSA) is 59.8 Å². The third-order valence-corrected chi connectivity index (χ3v) is 4.92. The van der Waals surface area contributed by atoms with E-state index in [-0.39, 0.29) is 5.91 Å². The number of benzene rings is 2. The Labute approximate surface area is 151 Å². The second-order valence-electron chi connectivity index (χ2n) is 5.76. The van der Waals surface area contributed by atoms with Gasteiger partial charge in [-0.15, -0.1) is 16.9 Å². The summed E-state index contributed by atoms with van der Waals surface area (Å²) in [7, 11) is 0. The number of carbonyl (C=O) groups excluding carboxylic acids is 1. The summed E-state index contributed by atoms with van der Waals surface area (Å²) in [5.74, 6) is 0.726. The van der Waals surface area contributed by atoms with Gasteiger partial charge >= 0.3 is 0 Å². The second-order valence-corrected chi connectivity index (χ2v) is 6.93. The SMILES string of the molecule is Cc1ccc(SCCC(=O)Nc2ccccc2-n2ccnn2)cc1C. The Balaban J connectivity index is 1.57. The van der Waals surface area contributed by atoms with Crippen LogP contribution >= 0.6 is 11.8 Å². The molecule has 1 N–H and O–H groups in total.